The Hall–Kier alpha value is -2.59. The minimum atomic E-state index is -0.664. The number of amides is 1. The fourth-order valence-electron chi connectivity index (χ4n) is 3.17. The quantitative estimate of drug-likeness (QED) is 0.518. The third-order valence-electron chi connectivity index (χ3n) is 4.78. The Bertz CT molecular complexity index is 730. The summed E-state index contributed by atoms with van der Waals surface area (Å²) in [5, 5.41) is 14.4. The number of rotatable bonds is 8. The largest absolute Gasteiger partial charge is 0.493 e. The molecule has 0 bridgehead atoms. The molecule has 0 unspecified atom stereocenters. The lowest BCUT2D eigenvalue weighted by Crippen LogP contribution is -2.55. The lowest BCUT2D eigenvalue weighted by molar-refractivity contribution is -0.386. The van der Waals surface area contributed by atoms with Crippen LogP contribution in [0, 0.1) is 10.1 Å². The van der Waals surface area contributed by atoms with Crippen LogP contribution in [0.4, 0.5) is 5.69 Å². The summed E-state index contributed by atoms with van der Waals surface area (Å²) in [6, 6.07) is 1.29. The normalized spacial score (nSPS) is 15.0. The molecule has 10 heteroatoms. The van der Waals surface area contributed by atoms with Crippen LogP contribution in [0.5, 0.6) is 17.2 Å². The molecule has 28 heavy (non-hydrogen) atoms. The smallest absolute Gasteiger partial charge is 0.327 e. The molecule has 0 saturated carbocycles. The van der Waals surface area contributed by atoms with Crippen molar-refractivity contribution < 1.29 is 28.7 Å². The summed E-state index contributed by atoms with van der Waals surface area (Å²) in [6.07, 6.45) is 0. The molecule has 1 aliphatic heterocycles. The van der Waals surface area contributed by atoms with Crippen LogP contribution < -0.4 is 19.5 Å². The van der Waals surface area contributed by atoms with Crippen LogP contribution in [0.25, 0.3) is 0 Å². The Morgan fingerprint density at radius 3 is 2.32 bits per heavy atom. The van der Waals surface area contributed by atoms with E-state index >= 15 is 0 Å². The Morgan fingerprint density at radius 1 is 1.21 bits per heavy atom. The number of ether oxygens (including phenoxy) is 4. The first-order chi connectivity index (χ1) is 13.3. The van der Waals surface area contributed by atoms with Gasteiger partial charge in [-0.2, -0.15) is 0 Å². The van der Waals surface area contributed by atoms with Crippen molar-refractivity contribution in [2.75, 3.05) is 54.2 Å². The second-order valence-corrected chi connectivity index (χ2v) is 6.89. The topological polar surface area (TPSA) is 112 Å². The third-order valence-corrected chi connectivity index (χ3v) is 4.78. The number of nitrogens with zero attached hydrogens (tertiary/aromatic N) is 2. The summed E-state index contributed by atoms with van der Waals surface area (Å²) >= 11 is 0. The molecule has 0 atom stereocenters. The lowest BCUT2D eigenvalue weighted by Gasteiger charge is -2.40. The van der Waals surface area contributed by atoms with Crippen LogP contribution in [-0.4, -0.2) is 75.4 Å². The number of methoxy groups -OCH3 is 3. The highest BCUT2D eigenvalue weighted by molar-refractivity contribution is 6.00. The number of carbonyl (C=O) groups excluding carboxylic acids is 1. The molecule has 0 spiro atoms. The van der Waals surface area contributed by atoms with Gasteiger partial charge in [-0.25, -0.2) is 0 Å². The Kier molecular flexibility index (Phi) is 7.03. The molecule has 1 saturated heterocycles. The van der Waals surface area contributed by atoms with Gasteiger partial charge in [-0.3, -0.25) is 19.8 Å². The summed E-state index contributed by atoms with van der Waals surface area (Å²) < 4.78 is 20.9. The summed E-state index contributed by atoms with van der Waals surface area (Å²) in [7, 11) is 3.99. The van der Waals surface area contributed by atoms with Crippen molar-refractivity contribution in [2.45, 2.75) is 19.4 Å². The molecule has 156 valence electrons. The molecule has 1 N–H and O–H groups in total. The molecule has 0 aromatic heterocycles. The number of hydrogen-bond donors (Lipinski definition) is 1. The zero-order valence-corrected chi connectivity index (χ0v) is 16.9. The van der Waals surface area contributed by atoms with Crippen LogP contribution >= 0.6 is 0 Å². The van der Waals surface area contributed by atoms with E-state index in [4.69, 9.17) is 18.9 Å². The van der Waals surface area contributed by atoms with Gasteiger partial charge in [0.25, 0.3) is 5.91 Å². The van der Waals surface area contributed by atoms with Crippen molar-refractivity contribution in [3.8, 4) is 17.2 Å². The second kappa shape index (κ2) is 9.07. The van der Waals surface area contributed by atoms with Crippen LogP contribution in [0.2, 0.25) is 0 Å². The third kappa shape index (κ3) is 4.45. The zero-order valence-electron chi connectivity index (χ0n) is 16.9. The lowest BCUT2D eigenvalue weighted by atomic mass is 10.0. The first kappa shape index (κ1) is 21.7. The molecule has 1 aromatic rings. The highest BCUT2D eigenvalue weighted by atomic mass is 16.6. The van der Waals surface area contributed by atoms with Crippen molar-refractivity contribution in [1.82, 2.24) is 10.2 Å². The van der Waals surface area contributed by atoms with Gasteiger partial charge in [0.1, 0.15) is 5.56 Å². The van der Waals surface area contributed by atoms with E-state index in [9.17, 15) is 14.9 Å². The van der Waals surface area contributed by atoms with E-state index in [0.29, 0.717) is 19.8 Å². The van der Waals surface area contributed by atoms with E-state index in [-0.39, 0.29) is 28.4 Å². The Morgan fingerprint density at radius 2 is 1.82 bits per heavy atom. The van der Waals surface area contributed by atoms with Gasteiger partial charge in [-0.05, 0) is 13.8 Å². The van der Waals surface area contributed by atoms with Gasteiger partial charge in [0.05, 0.1) is 39.5 Å². The van der Waals surface area contributed by atoms with Crippen molar-refractivity contribution in [2.24, 2.45) is 0 Å². The van der Waals surface area contributed by atoms with Gasteiger partial charge >= 0.3 is 5.69 Å². The van der Waals surface area contributed by atoms with Crippen LogP contribution in [0.15, 0.2) is 6.07 Å². The number of nitrogens with one attached hydrogen (secondary N) is 1. The van der Waals surface area contributed by atoms with Crippen LogP contribution in [0.1, 0.15) is 24.2 Å². The first-order valence-corrected chi connectivity index (χ1v) is 8.85. The number of nitro benzene ring substituents is 1. The van der Waals surface area contributed by atoms with E-state index < -0.39 is 16.5 Å². The van der Waals surface area contributed by atoms with Crippen molar-refractivity contribution >= 4 is 11.6 Å². The number of carbonyl (C=O) groups is 1. The van der Waals surface area contributed by atoms with E-state index in [1.165, 1.54) is 27.4 Å². The monoisotopic (exact) mass is 397 g/mol. The molecule has 10 nitrogen and oxygen atoms in total. The molecule has 0 radical (unpaired) electrons. The minimum absolute atomic E-state index is 0.0573. The SMILES string of the molecule is COc1cc(C(=O)NCC(C)(C)N2CCOCC2)c([N+](=O)[O-])c(OC)c1OC. The fourth-order valence-corrected chi connectivity index (χ4v) is 3.17. The number of benzene rings is 1. The van der Waals surface area contributed by atoms with E-state index in [0.717, 1.165) is 13.1 Å². The molecule has 0 aliphatic carbocycles. The van der Waals surface area contributed by atoms with Gasteiger partial charge in [-0.15, -0.1) is 0 Å². The average molecular weight is 397 g/mol. The molecule has 1 amide bonds. The molecule has 1 fully saturated rings. The van der Waals surface area contributed by atoms with Gasteiger partial charge in [0, 0.05) is 31.2 Å². The molecular formula is C18H27N3O7. The van der Waals surface area contributed by atoms with Crippen LogP contribution in [-0.2, 0) is 4.74 Å². The van der Waals surface area contributed by atoms with Gasteiger partial charge in [-0.1, -0.05) is 0 Å². The highest BCUT2D eigenvalue weighted by Gasteiger charge is 2.34. The molecule has 1 heterocycles. The second-order valence-electron chi connectivity index (χ2n) is 6.89. The number of nitro groups is 1. The van der Waals surface area contributed by atoms with E-state index in [2.05, 4.69) is 10.2 Å². The number of morpholine rings is 1. The Balaban J connectivity index is 2.32. The van der Waals surface area contributed by atoms with E-state index in [1.807, 2.05) is 13.8 Å². The number of hydrogen-bond acceptors (Lipinski definition) is 8. The summed E-state index contributed by atoms with van der Waals surface area (Å²) in [6.45, 7) is 7.09. The average Bonchev–Trinajstić information content (AvgIpc) is 2.70. The maximum atomic E-state index is 12.8. The Labute approximate surface area is 163 Å². The van der Waals surface area contributed by atoms with Gasteiger partial charge in [0.2, 0.25) is 11.5 Å². The van der Waals surface area contributed by atoms with Crippen molar-refractivity contribution in [3.05, 3.63) is 21.7 Å². The predicted octanol–water partition coefficient (Wildman–Crippen LogP) is 1.46. The minimum Gasteiger partial charge on any atom is -0.493 e. The van der Waals surface area contributed by atoms with Crippen LogP contribution in [0.3, 0.4) is 0 Å². The van der Waals surface area contributed by atoms with Gasteiger partial charge in [0.15, 0.2) is 5.75 Å². The van der Waals surface area contributed by atoms with E-state index in [1.54, 1.807) is 0 Å². The molecule has 1 aliphatic rings. The maximum absolute atomic E-state index is 12.8. The van der Waals surface area contributed by atoms with Gasteiger partial charge < -0.3 is 24.3 Å². The maximum Gasteiger partial charge on any atom is 0.327 e. The summed E-state index contributed by atoms with van der Waals surface area (Å²) in [4.78, 5) is 26.0. The molecular weight excluding hydrogens is 370 g/mol. The fraction of sp³-hybridized carbons (Fsp3) is 0.611. The first-order valence-electron chi connectivity index (χ1n) is 8.85. The van der Waals surface area contributed by atoms with Crippen molar-refractivity contribution in [1.29, 1.82) is 0 Å². The highest BCUT2D eigenvalue weighted by Crippen LogP contribution is 2.46. The standard InChI is InChI=1S/C18H27N3O7/c1-18(2,20-6-8-28-9-7-20)11-19-17(22)12-10-13(25-3)15(26-4)16(27-5)14(12)21(23)24/h10H,6-9,11H2,1-5H3,(H,19,22). The zero-order chi connectivity index (χ0) is 20.9. The predicted molar refractivity (Wildman–Crippen MR) is 102 cm³/mol. The summed E-state index contributed by atoms with van der Waals surface area (Å²) in [5.41, 5.74) is -0.964. The van der Waals surface area contributed by atoms with Crippen molar-refractivity contribution in [3.63, 3.8) is 0 Å². The molecule has 2 rings (SSSR count). The summed E-state index contributed by atoms with van der Waals surface area (Å²) in [5.74, 6) is -0.527. The molecule has 1 aromatic carbocycles.